The summed E-state index contributed by atoms with van der Waals surface area (Å²) in [6, 6.07) is 13.8. The Kier molecular flexibility index (Phi) is 4.09. The molecule has 2 heterocycles. The van der Waals surface area contributed by atoms with Crippen molar-refractivity contribution in [1.29, 1.82) is 0 Å². The van der Waals surface area contributed by atoms with Crippen LogP contribution < -0.4 is 5.32 Å². The molecule has 5 heteroatoms. The highest BCUT2D eigenvalue weighted by molar-refractivity contribution is 8.16. The van der Waals surface area contributed by atoms with Crippen LogP contribution in [0.15, 0.2) is 52.9 Å². The van der Waals surface area contributed by atoms with Gasteiger partial charge in [0, 0.05) is 23.2 Å². The number of hydrogen-bond donors (Lipinski definition) is 1. The van der Waals surface area contributed by atoms with Gasteiger partial charge in [-0.15, -0.1) is 0 Å². The Balaban J connectivity index is 1.48. The van der Waals surface area contributed by atoms with Gasteiger partial charge in [-0.25, -0.2) is 0 Å². The van der Waals surface area contributed by atoms with Gasteiger partial charge in [-0.3, -0.25) is 9.79 Å². The summed E-state index contributed by atoms with van der Waals surface area (Å²) in [5.41, 5.74) is 6.12. The van der Waals surface area contributed by atoms with E-state index in [1.807, 2.05) is 56.3 Å². The molecule has 0 saturated carbocycles. The number of anilines is 1. The number of thioether (sulfide) groups is 1. The minimum atomic E-state index is -0.0829. The highest BCUT2D eigenvalue weighted by Crippen LogP contribution is 2.35. The van der Waals surface area contributed by atoms with Gasteiger partial charge in [-0.1, -0.05) is 30.0 Å². The van der Waals surface area contributed by atoms with E-state index in [2.05, 4.69) is 20.6 Å². The van der Waals surface area contributed by atoms with Crippen LogP contribution in [0.5, 0.6) is 0 Å². The second kappa shape index (κ2) is 6.41. The Hall–Kier alpha value is -2.53. The number of carbonyl (C=O) groups excluding carboxylic acids is 1. The maximum absolute atomic E-state index is 12.4. The van der Waals surface area contributed by atoms with Crippen LogP contribution in [0.2, 0.25) is 0 Å². The van der Waals surface area contributed by atoms with Gasteiger partial charge in [0.05, 0.1) is 12.2 Å². The first-order valence-corrected chi connectivity index (χ1v) is 9.17. The van der Waals surface area contributed by atoms with Crippen LogP contribution in [0.3, 0.4) is 0 Å². The van der Waals surface area contributed by atoms with Gasteiger partial charge in [-0.2, -0.15) is 0 Å². The molecular weight excluding hydrogens is 330 g/mol. The number of carbonyl (C=O) groups is 1. The number of benzene rings is 2. The van der Waals surface area contributed by atoms with Crippen molar-refractivity contribution in [1.82, 2.24) is 4.90 Å². The van der Waals surface area contributed by atoms with E-state index in [1.54, 1.807) is 11.8 Å². The number of hydrogen-bond acceptors (Lipinski definition) is 4. The Morgan fingerprint density at radius 2 is 1.92 bits per heavy atom. The van der Waals surface area contributed by atoms with Gasteiger partial charge in [0.25, 0.3) is 5.91 Å². The van der Waals surface area contributed by atoms with Crippen molar-refractivity contribution in [2.75, 3.05) is 18.4 Å². The van der Waals surface area contributed by atoms with Crippen LogP contribution in [0.4, 0.5) is 5.69 Å². The van der Waals surface area contributed by atoms with Gasteiger partial charge in [0.1, 0.15) is 0 Å². The lowest BCUT2D eigenvalue weighted by Gasteiger charge is -2.17. The lowest BCUT2D eigenvalue weighted by molar-refractivity contribution is 0.102. The molecule has 2 aliphatic heterocycles. The van der Waals surface area contributed by atoms with Crippen molar-refractivity contribution in [2.24, 2.45) is 4.99 Å². The zero-order valence-electron chi connectivity index (χ0n) is 14.2. The number of aliphatic imine (C=N–C) groups is 1. The third kappa shape index (κ3) is 3.07. The summed E-state index contributed by atoms with van der Waals surface area (Å²) in [5, 5.41) is 6.19. The van der Waals surface area contributed by atoms with E-state index in [0.717, 1.165) is 35.1 Å². The van der Waals surface area contributed by atoms with E-state index in [-0.39, 0.29) is 5.91 Å². The van der Waals surface area contributed by atoms with E-state index in [4.69, 9.17) is 0 Å². The fourth-order valence-electron chi connectivity index (χ4n) is 2.96. The summed E-state index contributed by atoms with van der Waals surface area (Å²) in [6.07, 6.45) is 0. The Morgan fingerprint density at radius 1 is 1.12 bits per heavy atom. The van der Waals surface area contributed by atoms with Crippen LogP contribution >= 0.6 is 11.8 Å². The van der Waals surface area contributed by atoms with Crippen molar-refractivity contribution < 1.29 is 4.79 Å². The van der Waals surface area contributed by atoms with Gasteiger partial charge in [-0.05, 0) is 54.8 Å². The molecule has 2 aromatic carbocycles. The molecule has 0 saturated heterocycles. The van der Waals surface area contributed by atoms with E-state index >= 15 is 0 Å². The number of nitrogens with one attached hydrogen (secondary N) is 1. The van der Waals surface area contributed by atoms with Crippen LogP contribution in [0.1, 0.15) is 27.0 Å². The van der Waals surface area contributed by atoms with Crippen LogP contribution in [-0.2, 0) is 0 Å². The summed E-state index contributed by atoms with van der Waals surface area (Å²) >= 11 is 1.67. The fourth-order valence-corrected chi connectivity index (χ4v) is 3.92. The summed E-state index contributed by atoms with van der Waals surface area (Å²) in [7, 11) is 0. The SMILES string of the molecule is Cc1ccc(C(=O)Nc2ccc(C3=CSC4=NCCN34)cc2)cc1C. The number of nitrogens with zero attached hydrogens (tertiary/aromatic N) is 2. The van der Waals surface area contributed by atoms with Crippen LogP contribution in [0, 0.1) is 13.8 Å². The van der Waals surface area contributed by atoms with Crippen molar-refractivity contribution >= 4 is 34.2 Å². The Morgan fingerprint density at radius 3 is 2.68 bits per heavy atom. The second-order valence-electron chi connectivity index (χ2n) is 6.27. The molecule has 0 fully saturated rings. The quantitative estimate of drug-likeness (QED) is 0.900. The van der Waals surface area contributed by atoms with Crippen molar-refractivity contribution in [2.45, 2.75) is 13.8 Å². The van der Waals surface area contributed by atoms with E-state index in [9.17, 15) is 4.79 Å². The highest BCUT2D eigenvalue weighted by Gasteiger charge is 2.26. The molecule has 4 rings (SSSR count). The zero-order valence-corrected chi connectivity index (χ0v) is 15.1. The number of amides is 1. The Labute approximate surface area is 151 Å². The van der Waals surface area contributed by atoms with Crippen molar-refractivity contribution in [3.05, 3.63) is 70.1 Å². The molecule has 25 heavy (non-hydrogen) atoms. The number of fused-ring (bicyclic) bond motifs is 1. The second-order valence-corrected chi connectivity index (χ2v) is 7.10. The topological polar surface area (TPSA) is 44.7 Å². The summed E-state index contributed by atoms with van der Waals surface area (Å²) in [5.74, 6) is -0.0829. The molecule has 0 spiro atoms. The van der Waals surface area contributed by atoms with Gasteiger partial charge in [0.15, 0.2) is 5.17 Å². The van der Waals surface area contributed by atoms with Gasteiger partial charge in [0.2, 0.25) is 0 Å². The summed E-state index contributed by atoms with van der Waals surface area (Å²) in [4.78, 5) is 19.1. The van der Waals surface area contributed by atoms with Gasteiger partial charge < -0.3 is 10.2 Å². The molecule has 0 aromatic heterocycles. The maximum atomic E-state index is 12.4. The number of aryl methyl sites for hydroxylation is 2. The molecule has 0 radical (unpaired) electrons. The van der Waals surface area contributed by atoms with E-state index < -0.39 is 0 Å². The third-order valence-electron chi connectivity index (χ3n) is 4.58. The minimum Gasteiger partial charge on any atom is -0.322 e. The maximum Gasteiger partial charge on any atom is 0.255 e. The first-order valence-electron chi connectivity index (χ1n) is 8.30. The summed E-state index contributed by atoms with van der Waals surface area (Å²) < 4.78 is 0. The standard InChI is InChI=1S/C20H19N3OS/c1-13-3-4-16(11-14(13)2)19(24)22-17-7-5-15(6-8-17)18-12-25-20-21-9-10-23(18)20/h3-8,11-12H,9-10H2,1-2H3,(H,22,24). The Bertz CT molecular complexity index is 900. The smallest absolute Gasteiger partial charge is 0.255 e. The van der Waals surface area contributed by atoms with Crippen molar-refractivity contribution in [3.8, 4) is 0 Å². The average molecular weight is 349 g/mol. The van der Waals surface area contributed by atoms with Gasteiger partial charge >= 0.3 is 0 Å². The lowest BCUT2D eigenvalue weighted by Crippen LogP contribution is -2.19. The molecule has 4 nitrogen and oxygen atoms in total. The first-order chi connectivity index (χ1) is 12.1. The number of amidine groups is 1. The molecule has 1 amide bonds. The lowest BCUT2D eigenvalue weighted by atomic mass is 10.1. The normalized spacial score (nSPS) is 15.7. The molecule has 0 atom stereocenters. The predicted octanol–water partition coefficient (Wildman–Crippen LogP) is 4.27. The largest absolute Gasteiger partial charge is 0.322 e. The van der Waals surface area contributed by atoms with Crippen LogP contribution in [0.25, 0.3) is 5.70 Å². The molecule has 1 N–H and O–H groups in total. The minimum absolute atomic E-state index is 0.0829. The summed E-state index contributed by atoms with van der Waals surface area (Å²) in [6.45, 7) is 5.87. The fraction of sp³-hybridized carbons (Fsp3) is 0.200. The molecule has 126 valence electrons. The third-order valence-corrected chi connectivity index (χ3v) is 5.48. The highest BCUT2D eigenvalue weighted by atomic mass is 32.2. The molecular formula is C20H19N3OS. The van der Waals surface area contributed by atoms with E-state index in [0.29, 0.717) is 5.56 Å². The molecule has 0 unspecified atom stereocenters. The number of rotatable bonds is 3. The monoisotopic (exact) mass is 349 g/mol. The molecule has 0 bridgehead atoms. The molecule has 0 aliphatic carbocycles. The molecule has 2 aliphatic rings. The average Bonchev–Trinajstić information content (AvgIpc) is 3.21. The predicted molar refractivity (Wildman–Crippen MR) is 105 cm³/mol. The molecule has 2 aromatic rings. The van der Waals surface area contributed by atoms with Crippen LogP contribution in [-0.4, -0.2) is 29.1 Å². The first kappa shape index (κ1) is 16.0. The van der Waals surface area contributed by atoms with Crippen molar-refractivity contribution in [3.63, 3.8) is 0 Å². The van der Waals surface area contributed by atoms with E-state index in [1.165, 1.54) is 11.3 Å². The zero-order chi connectivity index (χ0) is 17.4.